The van der Waals surface area contributed by atoms with Crippen LogP contribution in [0.15, 0.2) is 18.2 Å². The number of rotatable bonds is 2. The molecule has 0 saturated heterocycles. The number of benzene rings is 1. The molecule has 1 aromatic rings. The highest BCUT2D eigenvalue weighted by atomic mass is 19.4. The van der Waals surface area contributed by atoms with Gasteiger partial charge >= 0.3 is 12.1 Å². The Morgan fingerprint density at radius 3 is 2.48 bits per heavy atom. The summed E-state index contributed by atoms with van der Waals surface area (Å²) < 4.78 is 67.7. The number of fused-ring (bicyclic) bond motifs is 1. The molecule has 0 spiro atoms. The van der Waals surface area contributed by atoms with Crippen LogP contribution in [-0.4, -0.2) is 36.9 Å². The van der Waals surface area contributed by atoms with E-state index < -0.39 is 29.4 Å². The highest BCUT2D eigenvalue weighted by molar-refractivity contribution is 6.05. The van der Waals surface area contributed by atoms with Gasteiger partial charge in [-0.05, 0) is 18.2 Å². The lowest BCUT2D eigenvalue weighted by Gasteiger charge is -2.18. The van der Waals surface area contributed by atoms with Crippen molar-refractivity contribution < 1.29 is 36.3 Å². The highest BCUT2D eigenvalue weighted by Crippen LogP contribution is 2.38. The van der Waals surface area contributed by atoms with E-state index in [0.29, 0.717) is 6.07 Å². The number of carbonyl (C=O) groups is 2. The van der Waals surface area contributed by atoms with Gasteiger partial charge < -0.3 is 10.1 Å². The molecule has 114 valence electrons. The van der Waals surface area contributed by atoms with E-state index in [-0.39, 0.29) is 24.5 Å². The molecule has 0 atom stereocenters. The maximum absolute atomic E-state index is 13.0. The van der Waals surface area contributed by atoms with Crippen molar-refractivity contribution in [2.45, 2.75) is 12.1 Å². The summed E-state index contributed by atoms with van der Waals surface area (Å²) in [5, 5.41) is 2.35. The molecule has 0 fully saturated rings. The molecule has 0 saturated carbocycles. The molecule has 0 unspecified atom stereocenters. The predicted octanol–water partition coefficient (Wildman–Crippen LogP) is 2.19. The SMILES string of the molecule is O=C1NCCOc2ccc(C(=O)C(F)(F)C(F)(F)F)cc21. The van der Waals surface area contributed by atoms with Crippen molar-refractivity contribution in [3.8, 4) is 5.75 Å². The molecule has 1 N–H and O–H groups in total. The quantitative estimate of drug-likeness (QED) is 0.673. The van der Waals surface area contributed by atoms with Crippen LogP contribution < -0.4 is 10.1 Å². The van der Waals surface area contributed by atoms with Gasteiger partial charge in [-0.25, -0.2) is 0 Å². The first kappa shape index (κ1) is 15.2. The van der Waals surface area contributed by atoms with Crippen LogP contribution >= 0.6 is 0 Å². The lowest BCUT2D eigenvalue weighted by atomic mass is 10.0. The van der Waals surface area contributed by atoms with Crippen molar-refractivity contribution in [2.24, 2.45) is 0 Å². The Morgan fingerprint density at radius 2 is 1.86 bits per heavy atom. The fraction of sp³-hybridized carbons (Fsp3) is 0.333. The molecular weight excluding hydrogens is 301 g/mol. The molecule has 0 radical (unpaired) electrons. The molecule has 1 amide bonds. The zero-order chi connectivity index (χ0) is 15.8. The van der Waals surface area contributed by atoms with Crippen LogP contribution in [0.25, 0.3) is 0 Å². The molecule has 0 bridgehead atoms. The number of ether oxygens (including phenoxy) is 1. The summed E-state index contributed by atoms with van der Waals surface area (Å²) in [7, 11) is 0. The Kier molecular flexibility index (Phi) is 3.60. The molecule has 1 aromatic carbocycles. The Morgan fingerprint density at radius 1 is 1.19 bits per heavy atom. The normalized spacial score (nSPS) is 15.6. The molecular formula is C12H8F5NO3. The summed E-state index contributed by atoms with van der Waals surface area (Å²) >= 11 is 0. The van der Waals surface area contributed by atoms with Gasteiger partial charge in [0.25, 0.3) is 5.91 Å². The fourth-order valence-electron chi connectivity index (χ4n) is 1.71. The predicted molar refractivity (Wildman–Crippen MR) is 59.6 cm³/mol. The van der Waals surface area contributed by atoms with Gasteiger partial charge in [-0.1, -0.05) is 0 Å². The second-order valence-corrected chi connectivity index (χ2v) is 4.22. The summed E-state index contributed by atoms with van der Waals surface area (Å²) in [5.41, 5.74) is -1.19. The maximum Gasteiger partial charge on any atom is 0.461 e. The number of ketones is 1. The van der Waals surface area contributed by atoms with E-state index in [1.807, 2.05) is 0 Å². The number of nitrogens with one attached hydrogen (secondary N) is 1. The Balaban J connectivity index is 2.43. The van der Waals surface area contributed by atoms with E-state index in [0.717, 1.165) is 12.1 Å². The van der Waals surface area contributed by atoms with Crippen molar-refractivity contribution in [1.29, 1.82) is 0 Å². The maximum atomic E-state index is 13.0. The van der Waals surface area contributed by atoms with Crippen molar-refractivity contribution in [3.05, 3.63) is 29.3 Å². The van der Waals surface area contributed by atoms with Crippen LogP contribution in [0.5, 0.6) is 5.75 Å². The van der Waals surface area contributed by atoms with E-state index in [1.54, 1.807) is 0 Å². The monoisotopic (exact) mass is 309 g/mol. The minimum Gasteiger partial charge on any atom is -0.491 e. The van der Waals surface area contributed by atoms with Gasteiger partial charge in [0, 0.05) is 5.56 Å². The highest BCUT2D eigenvalue weighted by Gasteiger charge is 2.63. The van der Waals surface area contributed by atoms with E-state index in [4.69, 9.17) is 4.74 Å². The number of amides is 1. The van der Waals surface area contributed by atoms with Crippen LogP contribution in [-0.2, 0) is 0 Å². The van der Waals surface area contributed by atoms with Crippen molar-refractivity contribution in [2.75, 3.05) is 13.2 Å². The summed E-state index contributed by atoms with van der Waals surface area (Å²) in [6.07, 6.45) is -6.00. The van der Waals surface area contributed by atoms with Crippen LogP contribution in [0.4, 0.5) is 22.0 Å². The van der Waals surface area contributed by atoms with Crippen LogP contribution in [0.1, 0.15) is 20.7 Å². The van der Waals surface area contributed by atoms with E-state index in [9.17, 15) is 31.5 Å². The number of hydrogen-bond acceptors (Lipinski definition) is 3. The minimum absolute atomic E-state index is 0.0110. The van der Waals surface area contributed by atoms with Gasteiger partial charge in [-0.15, -0.1) is 0 Å². The lowest BCUT2D eigenvalue weighted by molar-refractivity contribution is -0.255. The first-order valence-corrected chi connectivity index (χ1v) is 5.69. The van der Waals surface area contributed by atoms with Crippen molar-refractivity contribution in [3.63, 3.8) is 0 Å². The second-order valence-electron chi connectivity index (χ2n) is 4.22. The van der Waals surface area contributed by atoms with Gasteiger partial charge in [0.05, 0.1) is 12.1 Å². The average Bonchev–Trinajstić information content (AvgIpc) is 2.58. The Bertz CT molecular complexity index is 597. The summed E-state index contributed by atoms with van der Waals surface area (Å²) in [4.78, 5) is 23.0. The topological polar surface area (TPSA) is 55.4 Å². The average molecular weight is 309 g/mol. The van der Waals surface area contributed by atoms with Crippen LogP contribution in [0, 0.1) is 0 Å². The third kappa shape index (κ3) is 2.67. The first-order chi connectivity index (χ1) is 9.64. The molecule has 21 heavy (non-hydrogen) atoms. The van der Waals surface area contributed by atoms with Crippen LogP contribution in [0.3, 0.4) is 0 Å². The summed E-state index contributed by atoms with van der Waals surface area (Å²) in [6, 6.07) is 2.44. The molecule has 2 rings (SSSR count). The van der Waals surface area contributed by atoms with Gasteiger partial charge in [-0.3, -0.25) is 9.59 Å². The molecule has 0 aliphatic carbocycles. The molecule has 1 aliphatic heterocycles. The molecule has 0 aromatic heterocycles. The standard InChI is InChI=1S/C12H8F5NO3/c13-11(14,12(15,16)17)9(19)6-1-2-8-7(5-6)10(20)18-3-4-21-8/h1-2,5H,3-4H2,(H,18,20). The zero-order valence-corrected chi connectivity index (χ0v) is 10.3. The smallest absolute Gasteiger partial charge is 0.461 e. The number of halogens is 5. The summed E-state index contributed by atoms with van der Waals surface area (Å²) in [5.74, 6) is -8.65. The zero-order valence-electron chi connectivity index (χ0n) is 10.3. The third-order valence-corrected chi connectivity index (χ3v) is 2.77. The van der Waals surface area contributed by atoms with Crippen molar-refractivity contribution in [1.82, 2.24) is 5.32 Å². The molecule has 9 heteroatoms. The molecule has 4 nitrogen and oxygen atoms in total. The van der Waals surface area contributed by atoms with E-state index >= 15 is 0 Å². The number of hydrogen-bond donors (Lipinski definition) is 1. The van der Waals surface area contributed by atoms with E-state index in [1.165, 1.54) is 0 Å². The largest absolute Gasteiger partial charge is 0.491 e. The second kappa shape index (κ2) is 4.97. The van der Waals surface area contributed by atoms with Gasteiger partial charge in [0.1, 0.15) is 12.4 Å². The fourth-order valence-corrected chi connectivity index (χ4v) is 1.71. The molecule has 1 heterocycles. The summed E-state index contributed by atoms with van der Waals surface area (Å²) in [6.45, 7) is 0.264. The van der Waals surface area contributed by atoms with E-state index in [2.05, 4.69) is 5.32 Å². The molecule has 1 aliphatic rings. The van der Waals surface area contributed by atoms with Gasteiger partial charge in [-0.2, -0.15) is 22.0 Å². The minimum atomic E-state index is -6.00. The number of carbonyl (C=O) groups excluding carboxylic acids is 2. The van der Waals surface area contributed by atoms with Gasteiger partial charge in [0.15, 0.2) is 0 Å². The Hall–Kier alpha value is -2.19. The Labute approximate surface area is 114 Å². The third-order valence-electron chi connectivity index (χ3n) is 2.77. The van der Waals surface area contributed by atoms with Crippen LogP contribution in [0.2, 0.25) is 0 Å². The number of alkyl halides is 5. The first-order valence-electron chi connectivity index (χ1n) is 5.69. The number of Topliss-reactive ketones (excluding diaryl/α,β-unsaturated/α-hetero) is 1. The van der Waals surface area contributed by atoms with Gasteiger partial charge in [0.2, 0.25) is 5.78 Å². The van der Waals surface area contributed by atoms with Crippen molar-refractivity contribution >= 4 is 11.7 Å². The lowest BCUT2D eigenvalue weighted by Crippen LogP contribution is -2.44.